The minimum absolute atomic E-state index is 0.0687. The Bertz CT molecular complexity index is 1460. The average molecular weight is 449 g/mol. The first-order valence-electron chi connectivity index (χ1n) is 9.61. The molecule has 0 saturated carbocycles. The van der Waals surface area contributed by atoms with Crippen LogP contribution in [0.3, 0.4) is 0 Å². The van der Waals surface area contributed by atoms with Crippen LogP contribution in [0.4, 0.5) is 5.69 Å². The van der Waals surface area contributed by atoms with Crippen LogP contribution >= 0.6 is 0 Å². The van der Waals surface area contributed by atoms with Crippen LogP contribution in [0.5, 0.6) is 0 Å². The normalized spacial score (nSPS) is 11.3. The number of nitrogens with zero attached hydrogens (tertiary/aromatic N) is 2. The van der Waals surface area contributed by atoms with Gasteiger partial charge in [0.15, 0.2) is 5.89 Å². The van der Waals surface area contributed by atoms with Gasteiger partial charge in [-0.3, -0.25) is 9.52 Å². The van der Waals surface area contributed by atoms with Gasteiger partial charge in [-0.05, 0) is 36.2 Å². The molecule has 9 nitrogen and oxygen atoms in total. The number of sulfonamides is 1. The van der Waals surface area contributed by atoms with Gasteiger partial charge in [0.05, 0.1) is 27.9 Å². The number of nitriles is 1. The SMILES string of the molecule is Cc1ncc(C(=O)NCc2ccc(S(=O)(=O)Nc3ccc(C)c4c(C#N)c[nH]c34)cc2)o1. The molecule has 0 unspecified atom stereocenters. The molecule has 4 aromatic rings. The Hall–Kier alpha value is -4.10. The zero-order chi connectivity index (χ0) is 22.9. The summed E-state index contributed by atoms with van der Waals surface area (Å²) >= 11 is 0. The van der Waals surface area contributed by atoms with Crippen molar-refractivity contribution < 1.29 is 17.6 Å². The van der Waals surface area contributed by atoms with E-state index < -0.39 is 15.9 Å². The molecule has 10 heteroatoms. The van der Waals surface area contributed by atoms with Crippen molar-refractivity contribution in [3.8, 4) is 6.07 Å². The van der Waals surface area contributed by atoms with Crippen LogP contribution in [0.2, 0.25) is 0 Å². The summed E-state index contributed by atoms with van der Waals surface area (Å²) in [6.07, 6.45) is 2.90. The molecule has 4 rings (SSSR count). The van der Waals surface area contributed by atoms with E-state index in [4.69, 9.17) is 4.42 Å². The number of fused-ring (bicyclic) bond motifs is 1. The number of aryl methyl sites for hydroxylation is 2. The third-order valence-electron chi connectivity index (χ3n) is 4.94. The lowest BCUT2D eigenvalue weighted by atomic mass is 10.1. The Morgan fingerprint density at radius 3 is 2.59 bits per heavy atom. The number of benzene rings is 2. The van der Waals surface area contributed by atoms with Gasteiger partial charge < -0.3 is 14.7 Å². The molecule has 0 saturated heterocycles. The molecule has 2 heterocycles. The summed E-state index contributed by atoms with van der Waals surface area (Å²) in [5.41, 5.74) is 2.94. The van der Waals surface area contributed by atoms with Crippen LogP contribution in [-0.4, -0.2) is 24.3 Å². The van der Waals surface area contributed by atoms with Gasteiger partial charge in [0.25, 0.3) is 15.9 Å². The number of anilines is 1. The Kier molecular flexibility index (Phi) is 5.42. The molecule has 0 aliphatic heterocycles. The van der Waals surface area contributed by atoms with E-state index in [0.29, 0.717) is 33.6 Å². The summed E-state index contributed by atoms with van der Waals surface area (Å²) in [5, 5.41) is 12.6. The molecule has 0 bridgehead atoms. The van der Waals surface area contributed by atoms with E-state index >= 15 is 0 Å². The molecule has 162 valence electrons. The molecule has 0 spiro atoms. The van der Waals surface area contributed by atoms with Crippen molar-refractivity contribution in [3.63, 3.8) is 0 Å². The highest BCUT2D eigenvalue weighted by Crippen LogP contribution is 2.30. The van der Waals surface area contributed by atoms with E-state index in [1.165, 1.54) is 18.3 Å². The zero-order valence-electron chi connectivity index (χ0n) is 17.3. The largest absolute Gasteiger partial charge is 0.436 e. The van der Waals surface area contributed by atoms with Gasteiger partial charge in [0, 0.05) is 25.1 Å². The third kappa shape index (κ3) is 4.06. The number of hydrogen-bond acceptors (Lipinski definition) is 6. The Balaban J connectivity index is 1.50. The molecule has 0 radical (unpaired) electrons. The molecule has 2 aromatic heterocycles. The Morgan fingerprint density at radius 2 is 1.94 bits per heavy atom. The van der Waals surface area contributed by atoms with Gasteiger partial charge in [-0.2, -0.15) is 5.26 Å². The second-order valence-corrected chi connectivity index (χ2v) is 8.85. The number of amides is 1. The average Bonchev–Trinajstić information content (AvgIpc) is 3.41. The van der Waals surface area contributed by atoms with Gasteiger partial charge in [-0.25, -0.2) is 13.4 Å². The lowest BCUT2D eigenvalue weighted by Crippen LogP contribution is -2.22. The molecule has 2 aromatic carbocycles. The minimum Gasteiger partial charge on any atom is -0.436 e. The highest BCUT2D eigenvalue weighted by Gasteiger charge is 2.18. The van der Waals surface area contributed by atoms with E-state index in [2.05, 4.69) is 26.1 Å². The predicted octanol–water partition coefficient (Wildman–Crippen LogP) is 3.38. The molecule has 32 heavy (non-hydrogen) atoms. The highest BCUT2D eigenvalue weighted by atomic mass is 32.2. The number of oxazole rings is 1. The molecule has 0 fully saturated rings. The maximum absolute atomic E-state index is 12.9. The number of H-pyrrole nitrogens is 1. The summed E-state index contributed by atoms with van der Waals surface area (Å²) in [5.74, 6) is 0.0977. The quantitative estimate of drug-likeness (QED) is 0.412. The lowest BCUT2D eigenvalue weighted by Gasteiger charge is -2.11. The van der Waals surface area contributed by atoms with Crippen molar-refractivity contribution in [2.75, 3.05) is 4.72 Å². The van der Waals surface area contributed by atoms with Gasteiger partial charge in [0.2, 0.25) is 5.76 Å². The third-order valence-corrected chi connectivity index (χ3v) is 6.32. The van der Waals surface area contributed by atoms with E-state index in [-0.39, 0.29) is 17.2 Å². The molecule has 0 atom stereocenters. The van der Waals surface area contributed by atoms with Crippen molar-refractivity contribution in [3.05, 3.63) is 77.1 Å². The smallest absolute Gasteiger partial charge is 0.288 e. The van der Waals surface area contributed by atoms with E-state index in [9.17, 15) is 18.5 Å². The van der Waals surface area contributed by atoms with Crippen molar-refractivity contribution in [2.45, 2.75) is 25.3 Å². The molecule has 1 amide bonds. The first kappa shape index (κ1) is 21.1. The number of aromatic amines is 1. The summed E-state index contributed by atoms with van der Waals surface area (Å²) in [7, 11) is -3.87. The number of aromatic nitrogens is 2. The molecular formula is C22H19N5O4S. The summed E-state index contributed by atoms with van der Waals surface area (Å²) < 4.78 is 33.5. The monoisotopic (exact) mass is 449 g/mol. The van der Waals surface area contributed by atoms with Gasteiger partial charge >= 0.3 is 0 Å². The van der Waals surface area contributed by atoms with E-state index in [0.717, 1.165) is 5.56 Å². The summed E-state index contributed by atoms with van der Waals surface area (Å²) in [6.45, 7) is 3.70. The fourth-order valence-electron chi connectivity index (χ4n) is 3.32. The summed E-state index contributed by atoms with van der Waals surface area (Å²) in [4.78, 5) is 19.0. The van der Waals surface area contributed by atoms with Gasteiger partial charge in [0.1, 0.15) is 6.07 Å². The van der Waals surface area contributed by atoms with Crippen LogP contribution in [0.25, 0.3) is 10.9 Å². The first-order chi connectivity index (χ1) is 15.3. The number of carbonyl (C=O) groups excluding carboxylic acids is 1. The highest BCUT2D eigenvalue weighted by molar-refractivity contribution is 7.92. The van der Waals surface area contributed by atoms with E-state index in [1.807, 2.05) is 6.92 Å². The molecular weight excluding hydrogens is 430 g/mol. The number of carbonyl (C=O) groups is 1. The Morgan fingerprint density at radius 1 is 1.19 bits per heavy atom. The maximum atomic E-state index is 12.9. The first-order valence-corrected chi connectivity index (χ1v) is 11.1. The molecule has 3 N–H and O–H groups in total. The topological polar surface area (TPSA) is 141 Å². The van der Waals surface area contributed by atoms with Crippen LogP contribution in [0.15, 0.2) is 58.1 Å². The predicted molar refractivity (Wildman–Crippen MR) is 117 cm³/mol. The second kappa shape index (κ2) is 8.20. The number of rotatable bonds is 6. The molecule has 0 aliphatic rings. The van der Waals surface area contributed by atoms with Crippen LogP contribution in [0, 0.1) is 25.2 Å². The van der Waals surface area contributed by atoms with Gasteiger partial charge in [-0.1, -0.05) is 18.2 Å². The van der Waals surface area contributed by atoms with Crippen molar-refractivity contribution in [2.24, 2.45) is 0 Å². The van der Waals surface area contributed by atoms with Crippen molar-refractivity contribution >= 4 is 32.5 Å². The fourth-order valence-corrected chi connectivity index (χ4v) is 4.39. The van der Waals surface area contributed by atoms with Gasteiger partial charge in [-0.15, -0.1) is 0 Å². The minimum atomic E-state index is -3.87. The van der Waals surface area contributed by atoms with Crippen LogP contribution in [0.1, 0.15) is 33.1 Å². The number of hydrogen-bond donors (Lipinski definition) is 3. The number of nitrogens with one attached hydrogen (secondary N) is 3. The van der Waals surface area contributed by atoms with E-state index in [1.54, 1.807) is 37.4 Å². The van der Waals surface area contributed by atoms with Crippen LogP contribution < -0.4 is 10.0 Å². The fraction of sp³-hybridized carbons (Fsp3) is 0.136. The maximum Gasteiger partial charge on any atom is 0.288 e. The van der Waals surface area contributed by atoms with Crippen molar-refractivity contribution in [1.29, 1.82) is 5.26 Å². The lowest BCUT2D eigenvalue weighted by molar-refractivity contribution is 0.0922. The summed E-state index contributed by atoms with van der Waals surface area (Å²) in [6, 6.07) is 11.7. The molecule has 0 aliphatic carbocycles. The Labute approximate surface area is 184 Å². The second-order valence-electron chi connectivity index (χ2n) is 7.17. The standard InChI is InChI=1S/C22H19N5O4S/c1-13-3-8-18(21-20(13)16(9-23)11-25-21)27-32(29,30)17-6-4-15(5-7-17)10-26-22(28)19-12-24-14(2)31-19/h3-8,11-12,25,27H,10H2,1-2H3,(H,26,28). The zero-order valence-corrected chi connectivity index (χ0v) is 18.1. The van der Waals surface area contributed by atoms with Crippen molar-refractivity contribution in [1.82, 2.24) is 15.3 Å². The van der Waals surface area contributed by atoms with Crippen LogP contribution in [-0.2, 0) is 16.6 Å².